The fourth-order valence-corrected chi connectivity index (χ4v) is 6.57. The van der Waals surface area contributed by atoms with Crippen molar-refractivity contribution in [1.82, 2.24) is 15.2 Å². The van der Waals surface area contributed by atoms with Crippen LogP contribution in [0.3, 0.4) is 0 Å². The lowest BCUT2D eigenvalue weighted by molar-refractivity contribution is -0.147. The summed E-state index contributed by atoms with van der Waals surface area (Å²) in [5.41, 5.74) is 5.36. The summed E-state index contributed by atoms with van der Waals surface area (Å²) in [6.45, 7) is 2.33. The Balaban J connectivity index is 1.61. The van der Waals surface area contributed by atoms with Crippen molar-refractivity contribution >= 4 is 28.9 Å². The molecule has 1 aromatic heterocycles. The highest BCUT2D eigenvalue weighted by molar-refractivity contribution is 7.10. The number of amides is 2. The van der Waals surface area contributed by atoms with Gasteiger partial charge in [0.15, 0.2) is 0 Å². The summed E-state index contributed by atoms with van der Waals surface area (Å²) >= 11 is 1.37. The van der Waals surface area contributed by atoms with Crippen molar-refractivity contribution in [3.05, 3.63) is 45.9 Å². The van der Waals surface area contributed by atoms with E-state index in [9.17, 15) is 19.5 Å². The Kier molecular flexibility index (Phi) is 7.56. The quantitative estimate of drug-likeness (QED) is 0.479. The second kappa shape index (κ2) is 10.5. The first kappa shape index (κ1) is 25.3. The third-order valence-electron chi connectivity index (χ3n) is 7.72. The molecule has 35 heavy (non-hydrogen) atoms. The van der Waals surface area contributed by atoms with Gasteiger partial charge in [0, 0.05) is 17.5 Å². The Labute approximate surface area is 209 Å². The Morgan fingerprint density at radius 1 is 1.20 bits per heavy atom. The third kappa shape index (κ3) is 4.97. The molecule has 188 valence electrons. The summed E-state index contributed by atoms with van der Waals surface area (Å²) in [6, 6.07) is 5.96. The van der Waals surface area contributed by atoms with Crippen LogP contribution in [-0.4, -0.2) is 51.7 Å². The molecule has 0 spiro atoms. The smallest absolute Gasteiger partial charge is 0.238 e. The number of thiazole rings is 1. The van der Waals surface area contributed by atoms with Crippen molar-refractivity contribution in [3.63, 3.8) is 0 Å². The highest BCUT2D eigenvalue weighted by Crippen LogP contribution is 2.41. The monoisotopic (exact) mass is 498 g/mol. The maximum absolute atomic E-state index is 14.1. The highest BCUT2D eigenvalue weighted by atomic mass is 32.1. The van der Waals surface area contributed by atoms with Crippen LogP contribution in [0.15, 0.2) is 29.6 Å². The maximum atomic E-state index is 14.1. The van der Waals surface area contributed by atoms with Crippen molar-refractivity contribution < 1.29 is 19.5 Å². The fourth-order valence-electron chi connectivity index (χ4n) is 5.63. The first-order chi connectivity index (χ1) is 16.8. The number of aromatic nitrogens is 1. The Morgan fingerprint density at radius 2 is 1.94 bits per heavy atom. The van der Waals surface area contributed by atoms with Crippen LogP contribution in [0.1, 0.15) is 79.0 Å². The van der Waals surface area contributed by atoms with Crippen LogP contribution in [0, 0.1) is 11.8 Å². The van der Waals surface area contributed by atoms with Gasteiger partial charge in [-0.25, -0.2) is 4.98 Å². The van der Waals surface area contributed by atoms with Crippen molar-refractivity contribution in [2.24, 2.45) is 17.6 Å². The second-order valence-corrected chi connectivity index (χ2v) is 10.7. The van der Waals surface area contributed by atoms with Gasteiger partial charge in [0.05, 0.1) is 12.0 Å². The van der Waals surface area contributed by atoms with E-state index in [1.165, 1.54) is 23.5 Å². The molecular weight excluding hydrogens is 464 g/mol. The van der Waals surface area contributed by atoms with Crippen LogP contribution in [0.4, 0.5) is 0 Å². The molecule has 1 saturated carbocycles. The molecule has 4 rings (SSSR count). The first-order valence-electron chi connectivity index (χ1n) is 12.3. The van der Waals surface area contributed by atoms with Gasteiger partial charge in [-0.3, -0.25) is 14.4 Å². The van der Waals surface area contributed by atoms with Crippen molar-refractivity contribution in [2.45, 2.75) is 63.5 Å². The number of carbonyl (C=O) groups excluding carboxylic acids is 3. The number of hydrogen-bond donors (Lipinski definition) is 3. The Hall–Kier alpha value is -2.78. The minimum absolute atomic E-state index is 0.0228. The lowest BCUT2D eigenvalue weighted by Gasteiger charge is -2.42. The molecule has 3 atom stereocenters. The van der Waals surface area contributed by atoms with Crippen LogP contribution in [0.5, 0.6) is 5.75 Å². The van der Waals surface area contributed by atoms with E-state index in [4.69, 9.17) is 5.73 Å². The van der Waals surface area contributed by atoms with E-state index in [0.717, 1.165) is 44.9 Å². The minimum atomic E-state index is -1.15. The molecule has 1 aliphatic heterocycles. The van der Waals surface area contributed by atoms with Crippen molar-refractivity contribution in [2.75, 3.05) is 13.6 Å². The van der Waals surface area contributed by atoms with Crippen LogP contribution >= 0.6 is 11.3 Å². The van der Waals surface area contributed by atoms with Gasteiger partial charge in [0.2, 0.25) is 17.6 Å². The van der Waals surface area contributed by atoms with E-state index in [0.29, 0.717) is 22.8 Å². The molecule has 1 unspecified atom stereocenters. The number of carbonyl (C=O) groups is 3. The number of benzene rings is 1. The molecule has 9 heteroatoms. The van der Waals surface area contributed by atoms with Gasteiger partial charge in [-0.2, -0.15) is 0 Å². The summed E-state index contributed by atoms with van der Waals surface area (Å²) in [5, 5.41) is 15.2. The lowest BCUT2D eigenvalue weighted by Crippen LogP contribution is -2.63. The van der Waals surface area contributed by atoms with Crippen LogP contribution in [0.2, 0.25) is 0 Å². The zero-order chi connectivity index (χ0) is 25.2. The van der Waals surface area contributed by atoms with Gasteiger partial charge < -0.3 is 21.1 Å². The number of hydrogen-bond acceptors (Lipinski definition) is 7. The Bertz CT molecular complexity index is 1100. The van der Waals surface area contributed by atoms with Gasteiger partial charge in [0.1, 0.15) is 22.0 Å². The van der Waals surface area contributed by atoms with Crippen molar-refractivity contribution in [3.8, 4) is 5.75 Å². The normalized spacial score (nSPS) is 21.4. The number of likely N-dealkylation sites (N-methyl/N-ethyl adjacent to an activating group) is 1. The number of likely N-dealkylation sites (tertiary alicyclic amines) is 1. The molecule has 1 saturated heterocycles. The number of aromatic hydroxyl groups is 1. The predicted octanol–water partition coefficient (Wildman–Crippen LogP) is 3.40. The molecule has 2 amide bonds. The van der Waals surface area contributed by atoms with Gasteiger partial charge in [-0.05, 0) is 57.7 Å². The predicted molar refractivity (Wildman–Crippen MR) is 134 cm³/mol. The summed E-state index contributed by atoms with van der Waals surface area (Å²) < 4.78 is 0. The molecule has 0 radical (unpaired) electrons. The molecule has 8 nitrogen and oxygen atoms in total. The van der Waals surface area contributed by atoms with Gasteiger partial charge >= 0.3 is 0 Å². The van der Waals surface area contributed by atoms with E-state index in [-0.39, 0.29) is 29.4 Å². The van der Waals surface area contributed by atoms with E-state index >= 15 is 0 Å². The fraction of sp³-hybridized carbons (Fsp3) is 0.538. The summed E-state index contributed by atoms with van der Waals surface area (Å²) in [6.07, 6.45) is 6.62. The van der Waals surface area contributed by atoms with Crippen LogP contribution < -0.4 is 11.1 Å². The number of phenols is 1. The zero-order valence-electron chi connectivity index (χ0n) is 20.3. The molecule has 2 aromatic rings. The summed E-state index contributed by atoms with van der Waals surface area (Å²) in [7, 11) is 1.69. The van der Waals surface area contributed by atoms with E-state index in [1.807, 2.05) is 4.90 Å². The van der Waals surface area contributed by atoms with Gasteiger partial charge in [0.25, 0.3) is 0 Å². The molecule has 2 heterocycles. The Morgan fingerprint density at radius 3 is 2.60 bits per heavy atom. The highest BCUT2D eigenvalue weighted by Gasteiger charge is 2.50. The maximum Gasteiger partial charge on any atom is 0.238 e. The minimum Gasteiger partial charge on any atom is -0.508 e. The number of nitrogens with two attached hydrogens (primary N) is 1. The number of nitrogens with zero attached hydrogens (tertiary/aromatic N) is 2. The van der Waals surface area contributed by atoms with Crippen LogP contribution in [0.25, 0.3) is 0 Å². The molecule has 1 aromatic carbocycles. The third-order valence-corrected chi connectivity index (χ3v) is 8.67. The standard InChI is InChI=1S/C26H34N4O4S/c1-26(28-2,25(27)34)21(16-8-4-3-5-9-16)24(33)30-13-7-12-20(30)23-29-19(15-35-23)22(32)17-10-6-11-18(31)14-17/h6,10-11,14-16,20-21,28,31H,3-5,7-9,12-13H2,1-2H3,(H2,27,34)/t20-,21+,26?/m0/s1. The lowest BCUT2D eigenvalue weighted by atomic mass is 9.69. The topological polar surface area (TPSA) is 126 Å². The average molecular weight is 499 g/mol. The second-order valence-electron chi connectivity index (χ2n) is 9.83. The molecule has 2 fully saturated rings. The molecule has 0 bridgehead atoms. The average Bonchev–Trinajstić information content (AvgIpc) is 3.54. The number of primary amides is 1. The van der Waals surface area contributed by atoms with Crippen LogP contribution in [-0.2, 0) is 9.59 Å². The number of nitrogens with one attached hydrogen (secondary N) is 1. The molecular formula is C26H34N4O4S. The van der Waals surface area contributed by atoms with Gasteiger partial charge in [-0.1, -0.05) is 31.4 Å². The van der Waals surface area contributed by atoms with E-state index in [1.54, 1.807) is 31.5 Å². The SMILES string of the molecule is CNC(C)(C(N)=O)[C@@H](C(=O)N1CCC[C@H]1c1nc(C(=O)c2cccc(O)c2)cs1)C1CCCCC1. The molecule has 2 aliphatic rings. The van der Waals surface area contributed by atoms with E-state index in [2.05, 4.69) is 10.3 Å². The first-order valence-corrected chi connectivity index (χ1v) is 13.2. The van der Waals surface area contributed by atoms with Gasteiger partial charge in [-0.15, -0.1) is 11.3 Å². The van der Waals surface area contributed by atoms with Crippen molar-refractivity contribution in [1.29, 1.82) is 0 Å². The largest absolute Gasteiger partial charge is 0.508 e. The van der Waals surface area contributed by atoms with E-state index < -0.39 is 17.4 Å². The number of rotatable bonds is 8. The summed E-state index contributed by atoms with van der Waals surface area (Å²) in [4.78, 5) is 46.0. The number of ketones is 1. The molecule has 4 N–H and O–H groups in total. The zero-order valence-corrected chi connectivity index (χ0v) is 21.1. The summed E-state index contributed by atoms with van der Waals surface area (Å²) in [5.74, 6) is -1.30. The number of phenolic OH excluding ortho intramolecular Hbond substituents is 1. The molecule has 1 aliphatic carbocycles.